The first-order chi connectivity index (χ1) is 9.60. The summed E-state index contributed by atoms with van der Waals surface area (Å²) in [5.41, 5.74) is 0.766. The molecule has 0 saturated carbocycles. The Labute approximate surface area is 121 Å². The molecule has 1 aromatic carbocycles. The third-order valence-electron chi connectivity index (χ3n) is 3.83. The highest BCUT2D eigenvalue weighted by Crippen LogP contribution is 2.16. The standard InChI is InChI=1S/C16H24N2O2/c1-4-20-15-7-5-13(6-8-15)16(19)12-18-10-9-14(11-18)17(2)3/h5-8,14H,4,9-12H2,1-3H3. The van der Waals surface area contributed by atoms with Crippen molar-refractivity contribution in [1.29, 1.82) is 0 Å². The summed E-state index contributed by atoms with van der Waals surface area (Å²) in [5.74, 6) is 1.00. The van der Waals surface area contributed by atoms with Gasteiger partial charge in [0.15, 0.2) is 5.78 Å². The van der Waals surface area contributed by atoms with Crippen LogP contribution in [0, 0.1) is 0 Å². The molecule has 0 amide bonds. The highest BCUT2D eigenvalue weighted by atomic mass is 16.5. The van der Waals surface area contributed by atoms with Gasteiger partial charge in [0, 0.05) is 24.7 Å². The number of likely N-dealkylation sites (tertiary alicyclic amines) is 1. The fourth-order valence-electron chi connectivity index (χ4n) is 2.58. The van der Waals surface area contributed by atoms with Crippen molar-refractivity contribution in [3.8, 4) is 5.75 Å². The van der Waals surface area contributed by atoms with Crippen LogP contribution in [0.1, 0.15) is 23.7 Å². The molecule has 4 nitrogen and oxygen atoms in total. The molecule has 4 heteroatoms. The number of Topliss-reactive ketones (excluding diaryl/α,β-unsaturated/α-hetero) is 1. The van der Waals surface area contributed by atoms with Gasteiger partial charge in [-0.25, -0.2) is 0 Å². The van der Waals surface area contributed by atoms with Gasteiger partial charge in [-0.15, -0.1) is 0 Å². The average molecular weight is 276 g/mol. The summed E-state index contributed by atoms with van der Waals surface area (Å²) in [7, 11) is 4.20. The Morgan fingerprint density at radius 3 is 2.60 bits per heavy atom. The van der Waals surface area contributed by atoms with Crippen LogP contribution in [0.5, 0.6) is 5.75 Å². The van der Waals surface area contributed by atoms with E-state index in [9.17, 15) is 4.79 Å². The van der Waals surface area contributed by atoms with Crippen LogP contribution in [0.25, 0.3) is 0 Å². The van der Waals surface area contributed by atoms with E-state index in [0.29, 0.717) is 19.2 Å². The molecule has 20 heavy (non-hydrogen) atoms. The predicted molar refractivity (Wildman–Crippen MR) is 80.5 cm³/mol. The first-order valence-electron chi connectivity index (χ1n) is 7.25. The molecule has 0 bridgehead atoms. The van der Waals surface area contributed by atoms with Crippen molar-refractivity contribution < 1.29 is 9.53 Å². The fraction of sp³-hybridized carbons (Fsp3) is 0.562. The topological polar surface area (TPSA) is 32.8 Å². The van der Waals surface area contributed by atoms with Crippen LogP contribution in [0.15, 0.2) is 24.3 Å². The molecular formula is C16H24N2O2. The zero-order valence-corrected chi connectivity index (χ0v) is 12.6. The van der Waals surface area contributed by atoms with Crippen molar-refractivity contribution in [2.75, 3.05) is 40.3 Å². The maximum Gasteiger partial charge on any atom is 0.176 e. The highest BCUT2D eigenvalue weighted by Gasteiger charge is 2.25. The van der Waals surface area contributed by atoms with Crippen molar-refractivity contribution in [3.05, 3.63) is 29.8 Å². The molecule has 1 aromatic rings. The van der Waals surface area contributed by atoms with Crippen LogP contribution in [0.2, 0.25) is 0 Å². The summed E-state index contributed by atoms with van der Waals surface area (Å²) in [5, 5.41) is 0. The van der Waals surface area contributed by atoms with Crippen LogP contribution < -0.4 is 4.74 Å². The summed E-state index contributed by atoms with van der Waals surface area (Å²) >= 11 is 0. The second-order valence-corrected chi connectivity index (χ2v) is 5.52. The van der Waals surface area contributed by atoms with Gasteiger partial charge in [0.2, 0.25) is 0 Å². The van der Waals surface area contributed by atoms with E-state index in [1.54, 1.807) is 0 Å². The van der Waals surface area contributed by atoms with Crippen LogP contribution in [-0.2, 0) is 0 Å². The number of rotatable bonds is 6. The molecule has 0 radical (unpaired) electrons. The van der Waals surface area contributed by atoms with Crippen molar-refractivity contribution >= 4 is 5.78 Å². The fourth-order valence-corrected chi connectivity index (χ4v) is 2.58. The van der Waals surface area contributed by atoms with E-state index >= 15 is 0 Å². The van der Waals surface area contributed by atoms with Gasteiger partial charge in [0.1, 0.15) is 5.75 Å². The van der Waals surface area contributed by atoms with E-state index in [4.69, 9.17) is 4.74 Å². The second-order valence-electron chi connectivity index (χ2n) is 5.52. The minimum absolute atomic E-state index is 0.187. The van der Waals surface area contributed by atoms with E-state index in [2.05, 4.69) is 23.9 Å². The van der Waals surface area contributed by atoms with Gasteiger partial charge in [0.25, 0.3) is 0 Å². The molecule has 0 spiro atoms. The minimum Gasteiger partial charge on any atom is -0.494 e. The lowest BCUT2D eigenvalue weighted by molar-refractivity contribution is 0.0941. The number of nitrogens with zero attached hydrogens (tertiary/aromatic N) is 2. The molecule has 1 saturated heterocycles. The Kier molecular flexibility index (Phi) is 5.15. The number of benzene rings is 1. The Morgan fingerprint density at radius 2 is 2.05 bits per heavy atom. The van der Waals surface area contributed by atoms with Gasteiger partial charge in [-0.3, -0.25) is 9.69 Å². The number of carbonyl (C=O) groups excluding carboxylic acids is 1. The predicted octanol–water partition coefficient (Wildman–Crippen LogP) is 1.90. The molecule has 1 heterocycles. The summed E-state index contributed by atoms with van der Waals surface area (Å²) in [6.45, 7) is 5.10. The van der Waals surface area contributed by atoms with Gasteiger partial charge in [0.05, 0.1) is 13.2 Å². The first kappa shape index (κ1) is 15.0. The normalized spacial score (nSPS) is 19.5. The third kappa shape index (κ3) is 3.81. The lowest BCUT2D eigenvalue weighted by Crippen LogP contribution is -2.33. The van der Waals surface area contributed by atoms with E-state index < -0.39 is 0 Å². The van der Waals surface area contributed by atoms with Gasteiger partial charge >= 0.3 is 0 Å². The largest absolute Gasteiger partial charge is 0.494 e. The van der Waals surface area contributed by atoms with Crippen molar-refractivity contribution in [2.24, 2.45) is 0 Å². The molecule has 0 aliphatic carbocycles. The molecule has 1 aliphatic heterocycles. The molecular weight excluding hydrogens is 252 g/mol. The van der Waals surface area contributed by atoms with E-state index in [1.165, 1.54) is 0 Å². The molecule has 1 aliphatic rings. The van der Waals surface area contributed by atoms with E-state index in [-0.39, 0.29) is 5.78 Å². The Morgan fingerprint density at radius 1 is 1.35 bits per heavy atom. The number of likely N-dealkylation sites (N-methyl/N-ethyl adjacent to an activating group) is 1. The molecule has 1 unspecified atom stereocenters. The van der Waals surface area contributed by atoms with Crippen molar-refractivity contribution in [2.45, 2.75) is 19.4 Å². The molecule has 1 atom stereocenters. The molecule has 0 aromatic heterocycles. The molecule has 1 fully saturated rings. The van der Waals surface area contributed by atoms with E-state index in [1.807, 2.05) is 31.2 Å². The average Bonchev–Trinajstić information content (AvgIpc) is 2.88. The number of hydrogen-bond acceptors (Lipinski definition) is 4. The van der Waals surface area contributed by atoms with Crippen molar-refractivity contribution in [3.63, 3.8) is 0 Å². The summed E-state index contributed by atoms with van der Waals surface area (Å²) in [4.78, 5) is 16.7. The van der Waals surface area contributed by atoms with Gasteiger partial charge in [-0.05, 0) is 51.7 Å². The second kappa shape index (κ2) is 6.86. The van der Waals surface area contributed by atoms with Gasteiger partial charge in [-0.2, -0.15) is 0 Å². The maximum atomic E-state index is 12.3. The SMILES string of the molecule is CCOc1ccc(C(=O)CN2CCC(N(C)C)C2)cc1. The number of ketones is 1. The minimum atomic E-state index is 0.187. The number of hydrogen-bond donors (Lipinski definition) is 0. The lowest BCUT2D eigenvalue weighted by Gasteiger charge is -2.19. The third-order valence-corrected chi connectivity index (χ3v) is 3.83. The van der Waals surface area contributed by atoms with Crippen LogP contribution in [-0.4, -0.2) is 62.0 Å². The summed E-state index contributed by atoms with van der Waals surface area (Å²) < 4.78 is 5.39. The monoisotopic (exact) mass is 276 g/mol. The maximum absolute atomic E-state index is 12.3. The van der Waals surface area contributed by atoms with Crippen LogP contribution in [0.4, 0.5) is 0 Å². The van der Waals surface area contributed by atoms with Crippen LogP contribution in [0.3, 0.4) is 0 Å². The van der Waals surface area contributed by atoms with Gasteiger partial charge < -0.3 is 9.64 Å². The Hall–Kier alpha value is -1.39. The number of ether oxygens (including phenoxy) is 1. The molecule has 110 valence electrons. The van der Waals surface area contributed by atoms with Gasteiger partial charge in [-0.1, -0.05) is 0 Å². The quantitative estimate of drug-likeness (QED) is 0.743. The number of carbonyl (C=O) groups is 1. The summed E-state index contributed by atoms with van der Waals surface area (Å²) in [6, 6.07) is 8.01. The smallest absolute Gasteiger partial charge is 0.176 e. The van der Waals surface area contributed by atoms with Crippen molar-refractivity contribution in [1.82, 2.24) is 9.80 Å². The van der Waals surface area contributed by atoms with E-state index in [0.717, 1.165) is 30.8 Å². The zero-order chi connectivity index (χ0) is 14.5. The molecule has 0 N–H and O–H groups in total. The molecule has 2 rings (SSSR count). The highest BCUT2D eigenvalue weighted by molar-refractivity contribution is 5.97. The lowest BCUT2D eigenvalue weighted by atomic mass is 10.1. The summed E-state index contributed by atoms with van der Waals surface area (Å²) in [6.07, 6.45) is 1.14. The van der Waals surface area contributed by atoms with Crippen LogP contribution >= 0.6 is 0 Å². The first-order valence-corrected chi connectivity index (χ1v) is 7.25. The Balaban J connectivity index is 1.89. The Bertz CT molecular complexity index is 442. The zero-order valence-electron chi connectivity index (χ0n) is 12.6.